The van der Waals surface area contributed by atoms with Gasteiger partial charge in [0.05, 0.1) is 0 Å². The van der Waals surface area contributed by atoms with Crippen molar-refractivity contribution in [2.45, 2.75) is 29.4 Å². The third-order valence-corrected chi connectivity index (χ3v) is 13.3. The molecule has 0 aromatic heterocycles. The average molecular weight is 661 g/mol. The van der Waals surface area contributed by atoms with Gasteiger partial charge in [0.1, 0.15) is 0 Å². The van der Waals surface area contributed by atoms with Gasteiger partial charge < -0.3 is 0 Å². The standard InChI is InChI=1S/C36H36S6/c1-7-19-37-28-18-17-27-25-15-13-14-16-26(25)30-31(29(27)32(28)38-20-8-2)34(40-22-10-4)36(42-24-12-6)35(41-23-11-5)33(30)39-21-9-3/h7-18H,1-6,19-24H2. The van der Waals surface area contributed by atoms with Gasteiger partial charge in [-0.25, -0.2) is 0 Å². The first-order chi connectivity index (χ1) is 20.7. The van der Waals surface area contributed by atoms with Gasteiger partial charge in [-0.2, -0.15) is 0 Å². The summed E-state index contributed by atoms with van der Waals surface area (Å²) in [7, 11) is 0. The molecule has 0 aliphatic carbocycles. The second-order valence-electron chi connectivity index (χ2n) is 9.03. The normalized spacial score (nSPS) is 11.1. The molecule has 0 nitrogen and oxygen atoms in total. The summed E-state index contributed by atoms with van der Waals surface area (Å²) >= 11 is 11.3. The fourth-order valence-electron chi connectivity index (χ4n) is 4.78. The summed E-state index contributed by atoms with van der Waals surface area (Å²) in [5, 5.41) is 7.86. The highest BCUT2D eigenvalue weighted by molar-refractivity contribution is 8.05. The van der Waals surface area contributed by atoms with Crippen LogP contribution in [-0.2, 0) is 0 Å². The van der Waals surface area contributed by atoms with Crippen molar-refractivity contribution >= 4 is 103 Å². The van der Waals surface area contributed by atoms with Gasteiger partial charge in [0.25, 0.3) is 0 Å². The first-order valence-corrected chi connectivity index (χ1v) is 19.5. The number of hydrogen-bond acceptors (Lipinski definition) is 6. The van der Waals surface area contributed by atoms with E-state index in [0.717, 1.165) is 34.5 Å². The lowest BCUT2D eigenvalue weighted by Crippen LogP contribution is -1.98. The lowest BCUT2D eigenvalue weighted by molar-refractivity contribution is 1.08. The second-order valence-corrected chi connectivity index (χ2v) is 15.2. The molecule has 0 heterocycles. The smallest absolute Gasteiger partial charge is 0.0366 e. The summed E-state index contributed by atoms with van der Waals surface area (Å²) in [4.78, 5) is 7.92. The molecule has 4 rings (SSSR count). The molecule has 0 N–H and O–H groups in total. The summed E-state index contributed by atoms with van der Waals surface area (Å²) in [5.74, 6) is 5.05. The monoisotopic (exact) mass is 660 g/mol. The van der Waals surface area contributed by atoms with Gasteiger partial charge in [-0.05, 0) is 22.2 Å². The fourth-order valence-corrected chi connectivity index (χ4v) is 11.1. The van der Waals surface area contributed by atoms with Crippen LogP contribution in [0.4, 0.5) is 0 Å². The molecule has 0 unspecified atom stereocenters. The van der Waals surface area contributed by atoms with Gasteiger partial charge in [0, 0.05) is 80.0 Å². The number of hydrogen-bond donors (Lipinski definition) is 0. The van der Waals surface area contributed by atoms with Crippen molar-refractivity contribution < 1.29 is 0 Å². The largest absolute Gasteiger partial charge is 0.121 e. The number of benzene rings is 4. The Morgan fingerprint density at radius 2 is 0.762 bits per heavy atom. The molecule has 0 radical (unpaired) electrons. The molecule has 4 aromatic rings. The molecule has 42 heavy (non-hydrogen) atoms. The Bertz CT molecular complexity index is 1630. The maximum absolute atomic E-state index is 4.09. The molecule has 0 fully saturated rings. The number of fused-ring (bicyclic) bond motifs is 6. The Labute approximate surface area is 277 Å². The lowest BCUT2D eigenvalue weighted by atomic mass is 9.94. The highest BCUT2D eigenvalue weighted by atomic mass is 32.2. The van der Waals surface area contributed by atoms with E-state index >= 15 is 0 Å². The van der Waals surface area contributed by atoms with Crippen molar-refractivity contribution in [3.63, 3.8) is 0 Å². The van der Waals surface area contributed by atoms with Gasteiger partial charge >= 0.3 is 0 Å². The van der Waals surface area contributed by atoms with E-state index in [-0.39, 0.29) is 0 Å². The molecule has 0 amide bonds. The Balaban J connectivity index is 2.37. The van der Waals surface area contributed by atoms with Gasteiger partial charge in [0.15, 0.2) is 0 Å². The summed E-state index contributed by atoms with van der Waals surface area (Å²) in [6.07, 6.45) is 12.0. The van der Waals surface area contributed by atoms with E-state index in [2.05, 4.69) is 75.9 Å². The van der Waals surface area contributed by atoms with Crippen molar-refractivity contribution in [1.29, 1.82) is 0 Å². The third kappa shape index (κ3) is 7.11. The number of thioether (sulfide) groups is 6. The van der Waals surface area contributed by atoms with E-state index in [1.54, 1.807) is 0 Å². The zero-order valence-corrected chi connectivity index (χ0v) is 28.8. The molecule has 0 atom stereocenters. The van der Waals surface area contributed by atoms with Crippen molar-refractivity contribution in [2.75, 3.05) is 34.5 Å². The van der Waals surface area contributed by atoms with E-state index in [1.807, 2.05) is 107 Å². The number of rotatable bonds is 18. The van der Waals surface area contributed by atoms with Crippen LogP contribution in [0.5, 0.6) is 0 Å². The molecule has 216 valence electrons. The molecule has 0 aliphatic rings. The Morgan fingerprint density at radius 3 is 1.29 bits per heavy atom. The van der Waals surface area contributed by atoms with Crippen LogP contribution in [0.3, 0.4) is 0 Å². The van der Waals surface area contributed by atoms with E-state index in [0.29, 0.717) is 0 Å². The van der Waals surface area contributed by atoms with E-state index in [9.17, 15) is 0 Å². The molecular weight excluding hydrogens is 625 g/mol. The Morgan fingerprint density at radius 1 is 0.381 bits per heavy atom. The SMILES string of the molecule is C=CCSc1ccc2c3ccccc3c3c(SCC=C)c(SCC=C)c(SCC=C)c(SCC=C)c3c2c1SCC=C. The molecule has 4 aromatic carbocycles. The minimum absolute atomic E-state index is 0.829. The topological polar surface area (TPSA) is 0 Å². The van der Waals surface area contributed by atoms with Crippen LogP contribution in [0.1, 0.15) is 0 Å². The fraction of sp³-hybridized carbons (Fsp3) is 0.167. The van der Waals surface area contributed by atoms with E-state index in [1.165, 1.54) is 61.7 Å². The van der Waals surface area contributed by atoms with Gasteiger partial charge in [-0.15, -0.1) is 110 Å². The lowest BCUT2D eigenvalue weighted by Gasteiger charge is -2.25. The second kappa shape index (κ2) is 16.9. The summed E-state index contributed by atoms with van der Waals surface area (Å²) in [5.41, 5.74) is 0. The first kappa shape index (κ1) is 33.1. The molecule has 0 saturated carbocycles. The molecule has 0 bridgehead atoms. The quantitative estimate of drug-likeness (QED) is 0.0587. The Hall–Kier alpha value is -1.80. The minimum Gasteiger partial charge on any atom is -0.121 e. The first-order valence-electron chi connectivity index (χ1n) is 13.6. The van der Waals surface area contributed by atoms with E-state index < -0.39 is 0 Å². The Kier molecular flexibility index (Phi) is 13.3. The van der Waals surface area contributed by atoms with Gasteiger partial charge in [0.2, 0.25) is 0 Å². The summed E-state index contributed by atoms with van der Waals surface area (Å²) < 4.78 is 0. The van der Waals surface area contributed by atoms with Crippen molar-refractivity contribution in [3.8, 4) is 0 Å². The van der Waals surface area contributed by atoms with Crippen LogP contribution in [-0.4, -0.2) is 34.5 Å². The van der Waals surface area contributed by atoms with Crippen LogP contribution in [0.25, 0.3) is 32.3 Å². The van der Waals surface area contributed by atoms with Gasteiger partial charge in [-0.1, -0.05) is 66.8 Å². The third-order valence-electron chi connectivity index (χ3n) is 6.27. The van der Waals surface area contributed by atoms with Crippen LogP contribution in [0.15, 0.2) is 142 Å². The predicted molar refractivity (Wildman–Crippen MR) is 204 cm³/mol. The van der Waals surface area contributed by atoms with Gasteiger partial charge in [-0.3, -0.25) is 0 Å². The van der Waals surface area contributed by atoms with Crippen LogP contribution in [0, 0.1) is 0 Å². The van der Waals surface area contributed by atoms with Crippen LogP contribution < -0.4 is 0 Å². The highest BCUT2D eigenvalue weighted by Gasteiger charge is 2.26. The molecule has 6 heteroatoms. The molecule has 0 saturated heterocycles. The zero-order valence-electron chi connectivity index (χ0n) is 23.9. The minimum atomic E-state index is 0.829. The highest BCUT2D eigenvalue weighted by Crippen LogP contribution is 2.55. The zero-order chi connectivity index (χ0) is 29.9. The van der Waals surface area contributed by atoms with E-state index in [4.69, 9.17) is 0 Å². The van der Waals surface area contributed by atoms with Crippen LogP contribution >= 0.6 is 70.6 Å². The molecule has 0 spiro atoms. The molecular formula is C36H36S6. The maximum atomic E-state index is 4.09. The average Bonchev–Trinajstić information content (AvgIpc) is 3.02. The van der Waals surface area contributed by atoms with Crippen LogP contribution in [0.2, 0.25) is 0 Å². The predicted octanol–water partition coefficient (Wildman–Crippen LogP) is 12.8. The van der Waals surface area contributed by atoms with Crippen molar-refractivity contribution in [2.24, 2.45) is 0 Å². The van der Waals surface area contributed by atoms with Crippen molar-refractivity contribution in [3.05, 3.63) is 112 Å². The summed E-state index contributed by atoms with van der Waals surface area (Å²) in [6.45, 7) is 24.3. The summed E-state index contributed by atoms with van der Waals surface area (Å²) in [6, 6.07) is 13.5. The maximum Gasteiger partial charge on any atom is 0.0366 e. The molecule has 0 aliphatic heterocycles. The van der Waals surface area contributed by atoms with Crippen molar-refractivity contribution in [1.82, 2.24) is 0 Å².